The monoisotopic (exact) mass is 198 g/mol. The van der Waals surface area contributed by atoms with Crippen molar-refractivity contribution in [2.45, 2.75) is 20.3 Å². The number of ether oxygens (including phenoxy) is 1. The second-order valence-electron chi connectivity index (χ2n) is 2.70. The lowest BCUT2D eigenvalue weighted by molar-refractivity contribution is -0.131. The lowest BCUT2D eigenvalue weighted by atomic mass is 10.1. The van der Waals surface area contributed by atoms with Crippen LogP contribution in [0.1, 0.15) is 19.4 Å². The van der Waals surface area contributed by atoms with Gasteiger partial charge in [0.1, 0.15) is 5.75 Å². The van der Waals surface area contributed by atoms with Gasteiger partial charge >= 0.3 is 5.97 Å². The highest BCUT2D eigenvalue weighted by atomic mass is 35.5. The number of rotatable bonds is 2. The van der Waals surface area contributed by atoms with Gasteiger partial charge in [-0.05, 0) is 30.2 Å². The third kappa shape index (κ3) is 2.74. The van der Waals surface area contributed by atoms with Crippen molar-refractivity contribution in [3.05, 3.63) is 28.8 Å². The van der Waals surface area contributed by atoms with E-state index in [2.05, 4.69) is 0 Å². The largest absolute Gasteiger partial charge is 0.427 e. The summed E-state index contributed by atoms with van der Waals surface area (Å²) in [5.74, 6) is 0.234. The number of hydrogen-bond acceptors (Lipinski definition) is 2. The summed E-state index contributed by atoms with van der Waals surface area (Å²) in [4.78, 5) is 10.6. The molecule has 0 fully saturated rings. The standard InChI is InChI=1S/C10H11ClO2/c1-3-8-6-9(13-7(2)12)4-5-10(8)11/h4-6H,3H2,1-2H3. The predicted octanol–water partition coefficient (Wildman–Crippen LogP) is 2.83. The van der Waals surface area contributed by atoms with Crippen LogP contribution in [0.5, 0.6) is 5.75 Å². The molecule has 1 rings (SSSR count). The first-order valence-corrected chi connectivity index (χ1v) is 4.48. The number of aryl methyl sites for hydroxylation is 1. The molecule has 1 aromatic rings. The third-order valence-electron chi connectivity index (χ3n) is 1.66. The van der Waals surface area contributed by atoms with Crippen molar-refractivity contribution in [1.82, 2.24) is 0 Å². The van der Waals surface area contributed by atoms with Gasteiger partial charge in [-0.3, -0.25) is 4.79 Å². The molecule has 0 saturated carbocycles. The van der Waals surface area contributed by atoms with Crippen LogP contribution in [0.3, 0.4) is 0 Å². The van der Waals surface area contributed by atoms with E-state index in [1.54, 1.807) is 18.2 Å². The number of benzene rings is 1. The molecule has 0 bridgehead atoms. The summed E-state index contributed by atoms with van der Waals surface area (Å²) in [6.45, 7) is 3.37. The van der Waals surface area contributed by atoms with E-state index in [0.717, 1.165) is 12.0 Å². The number of halogens is 1. The van der Waals surface area contributed by atoms with Crippen LogP contribution in [0.25, 0.3) is 0 Å². The lowest BCUT2D eigenvalue weighted by Gasteiger charge is -2.04. The summed E-state index contributed by atoms with van der Waals surface area (Å²) < 4.78 is 4.91. The van der Waals surface area contributed by atoms with Crippen LogP contribution < -0.4 is 4.74 Å². The molecule has 0 radical (unpaired) electrons. The summed E-state index contributed by atoms with van der Waals surface area (Å²) in [6, 6.07) is 5.20. The number of hydrogen-bond donors (Lipinski definition) is 0. The highest BCUT2D eigenvalue weighted by molar-refractivity contribution is 6.31. The zero-order chi connectivity index (χ0) is 9.84. The van der Waals surface area contributed by atoms with E-state index in [1.165, 1.54) is 6.92 Å². The average Bonchev–Trinajstić information content (AvgIpc) is 2.07. The van der Waals surface area contributed by atoms with Gasteiger partial charge in [-0.2, -0.15) is 0 Å². The van der Waals surface area contributed by atoms with Gasteiger partial charge in [0.25, 0.3) is 0 Å². The Morgan fingerprint density at radius 1 is 1.54 bits per heavy atom. The Hall–Kier alpha value is -1.02. The molecule has 13 heavy (non-hydrogen) atoms. The quantitative estimate of drug-likeness (QED) is 0.540. The maximum atomic E-state index is 10.6. The number of carbonyl (C=O) groups excluding carboxylic acids is 1. The fraction of sp³-hybridized carbons (Fsp3) is 0.300. The van der Waals surface area contributed by atoms with Crippen LogP contribution in [-0.2, 0) is 11.2 Å². The van der Waals surface area contributed by atoms with E-state index >= 15 is 0 Å². The topological polar surface area (TPSA) is 26.3 Å². The molecular formula is C10H11ClO2. The van der Waals surface area contributed by atoms with Crippen molar-refractivity contribution >= 4 is 17.6 Å². The van der Waals surface area contributed by atoms with E-state index in [0.29, 0.717) is 10.8 Å². The molecule has 0 spiro atoms. The van der Waals surface area contributed by atoms with Gasteiger partial charge in [-0.25, -0.2) is 0 Å². The van der Waals surface area contributed by atoms with Crippen molar-refractivity contribution in [2.24, 2.45) is 0 Å². The van der Waals surface area contributed by atoms with Gasteiger partial charge in [0, 0.05) is 11.9 Å². The van der Waals surface area contributed by atoms with E-state index in [1.807, 2.05) is 6.92 Å². The van der Waals surface area contributed by atoms with Crippen LogP contribution in [0.4, 0.5) is 0 Å². The molecule has 3 heteroatoms. The zero-order valence-corrected chi connectivity index (χ0v) is 8.39. The number of esters is 1. The summed E-state index contributed by atoms with van der Waals surface area (Å²) in [6.07, 6.45) is 0.827. The SMILES string of the molecule is CCc1cc(OC(C)=O)ccc1Cl. The van der Waals surface area contributed by atoms with Crippen LogP contribution in [0, 0.1) is 0 Å². The summed E-state index contributed by atoms with van der Waals surface area (Å²) >= 11 is 5.89. The molecule has 0 N–H and O–H groups in total. The second kappa shape index (κ2) is 4.28. The van der Waals surface area contributed by atoms with Gasteiger partial charge in [0.2, 0.25) is 0 Å². The second-order valence-corrected chi connectivity index (χ2v) is 3.11. The van der Waals surface area contributed by atoms with E-state index in [4.69, 9.17) is 16.3 Å². The van der Waals surface area contributed by atoms with E-state index in [9.17, 15) is 4.79 Å². The first-order chi connectivity index (χ1) is 6.13. The Labute approximate surface area is 82.5 Å². The highest BCUT2D eigenvalue weighted by Crippen LogP contribution is 2.22. The van der Waals surface area contributed by atoms with Crippen molar-refractivity contribution in [1.29, 1.82) is 0 Å². The summed E-state index contributed by atoms with van der Waals surface area (Å²) in [7, 11) is 0. The number of carbonyl (C=O) groups is 1. The fourth-order valence-electron chi connectivity index (χ4n) is 1.05. The Bertz CT molecular complexity index is 321. The van der Waals surface area contributed by atoms with Crippen LogP contribution >= 0.6 is 11.6 Å². The molecule has 0 atom stereocenters. The lowest BCUT2D eigenvalue weighted by Crippen LogP contribution is -2.01. The fourth-order valence-corrected chi connectivity index (χ4v) is 1.30. The van der Waals surface area contributed by atoms with E-state index in [-0.39, 0.29) is 5.97 Å². The smallest absolute Gasteiger partial charge is 0.308 e. The van der Waals surface area contributed by atoms with Gasteiger partial charge in [0.05, 0.1) is 0 Å². The molecule has 1 aromatic carbocycles. The van der Waals surface area contributed by atoms with Crippen molar-refractivity contribution in [3.63, 3.8) is 0 Å². The molecule has 0 amide bonds. The molecule has 0 aliphatic rings. The Kier molecular flexibility index (Phi) is 3.32. The zero-order valence-electron chi connectivity index (χ0n) is 7.63. The summed E-state index contributed by atoms with van der Waals surface area (Å²) in [5.41, 5.74) is 0.986. The molecule has 0 aliphatic carbocycles. The Morgan fingerprint density at radius 3 is 2.77 bits per heavy atom. The molecule has 2 nitrogen and oxygen atoms in total. The minimum Gasteiger partial charge on any atom is -0.427 e. The Balaban J connectivity index is 2.92. The maximum Gasteiger partial charge on any atom is 0.308 e. The predicted molar refractivity (Wildman–Crippen MR) is 52.1 cm³/mol. The van der Waals surface area contributed by atoms with Crippen LogP contribution in [0.2, 0.25) is 5.02 Å². The van der Waals surface area contributed by atoms with E-state index < -0.39 is 0 Å². The maximum absolute atomic E-state index is 10.6. The molecule has 0 aliphatic heterocycles. The van der Waals surface area contributed by atoms with Gasteiger partial charge in [-0.15, -0.1) is 0 Å². The minimum atomic E-state index is -0.315. The van der Waals surface area contributed by atoms with Crippen LogP contribution in [-0.4, -0.2) is 5.97 Å². The molecule has 70 valence electrons. The molecule has 0 unspecified atom stereocenters. The van der Waals surface area contributed by atoms with Gasteiger partial charge in [0.15, 0.2) is 0 Å². The van der Waals surface area contributed by atoms with Gasteiger partial charge in [-0.1, -0.05) is 18.5 Å². The minimum absolute atomic E-state index is 0.315. The third-order valence-corrected chi connectivity index (χ3v) is 2.03. The molecule has 0 saturated heterocycles. The van der Waals surface area contributed by atoms with Crippen molar-refractivity contribution < 1.29 is 9.53 Å². The van der Waals surface area contributed by atoms with Crippen molar-refractivity contribution in [2.75, 3.05) is 0 Å². The molecule has 0 heterocycles. The molecular weight excluding hydrogens is 188 g/mol. The highest BCUT2D eigenvalue weighted by Gasteiger charge is 2.02. The van der Waals surface area contributed by atoms with Crippen LogP contribution in [0.15, 0.2) is 18.2 Å². The normalized spacial score (nSPS) is 9.77. The average molecular weight is 199 g/mol. The first-order valence-electron chi connectivity index (χ1n) is 4.10. The first kappa shape index (κ1) is 10.1. The summed E-state index contributed by atoms with van der Waals surface area (Å²) in [5, 5.41) is 0.707. The van der Waals surface area contributed by atoms with Crippen molar-refractivity contribution in [3.8, 4) is 5.75 Å². The van der Waals surface area contributed by atoms with Gasteiger partial charge < -0.3 is 4.74 Å². The Morgan fingerprint density at radius 2 is 2.23 bits per heavy atom. The molecule has 0 aromatic heterocycles.